The Kier molecular flexibility index (Phi) is 12.6. The molecule has 0 aromatic carbocycles. The van der Waals surface area contributed by atoms with Gasteiger partial charge >= 0.3 is 0 Å². The molecule has 15 nitrogen and oxygen atoms in total. The zero-order valence-corrected chi connectivity index (χ0v) is 24.6. The second-order valence-electron chi connectivity index (χ2n) is 11.7. The highest BCUT2D eigenvalue weighted by molar-refractivity contribution is 5.82. The number of ether oxygens (including phenoxy) is 3. The number of amides is 1. The topological polar surface area (TPSA) is 266 Å². The first-order valence-electron chi connectivity index (χ1n) is 14.6. The monoisotopic (exact) mass is 625 g/mol. The van der Waals surface area contributed by atoms with Gasteiger partial charge in [0, 0.05) is 18.0 Å². The lowest BCUT2D eigenvalue weighted by molar-refractivity contribution is -0.297. The molecule has 12 atom stereocenters. The van der Waals surface area contributed by atoms with Gasteiger partial charge in [0.05, 0.1) is 37.9 Å². The van der Waals surface area contributed by atoms with Gasteiger partial charge in [-0.25, -0.2) is 8.78 Å². The lowest BCUT2D eigenvalue weighted by Crippen LogP contribution is -2.70. The van der Waals surface area contributed by atoms with Crippen molar-refractivity contribution in [2.75, 3.05) is 39.8 Å². The molecule has 43 heavy (non-hydrogen) atoms. The molecule has 15 N–H and O–H groups in total. The molecule has 12 unspecified atom stereocenters. The molecule has 3 aliphatic rings. The third-order valence-corrected chi connectivity index (χ3v) is 8.48. The van der Waals surface area contributed by atoms with Crippen LogP contribution in [0.1, 0.15) is 26.2 Å². The summed E-state index contributed by atoms with van der Waals surface area (Å²) in [6, 6.07) is -3.28. The van der Waals surface area contributed by atoms with Gasteiger partial charge in [-0.05, 0) is 52.4 Å². The molecular formula is C26H49F2N7O8. The summed E-state index contributed by atoms with van der Waals surface area (Å²) >= 11 is 0. The third-order valence-electron chi connectivity index (χ3n) is 8.48. The maximum absolute atomic E-state index is 14.1. The largest absolute Gasteiger partial charge is 0.492 e. The molecular weight excluding hydrogens is 576 g/mol. The van der Waals surface area contributed by atoms with Crippen LogP contribution in [0.15, 0.2) is 11.8 Å². The van der Waals surface area contributed by atoms with E-state index >= 15 is 0 Å². The lowest BCUT2D eigenvalue weighted by Gasteiger charge is -2.51. The first kappa shape index (κ1) is 35.9. The van der Waals surface area contributed by atoms with Crippen molar-refractivity contribution in [3.63, 3.8) is 0 Å². The number of carbonyl (C=O) groups excluding carboxylic acids is 1. The van der Waals surface area contributed by atoms with Crippen LogP contribution in [0.3, 0.4) is 0 Å². The standard InChI is InChI=1S/C26H49F2N7O8/c1-25(40)11-41-24(18(37)21(25)33-2)43-20-15(35-23(39)22(38)26(27,28)10-31)8-13(32)16(17(20)36)19-14(34-7-3-6-29)5-4-12(9-30)42-19/h4,13-22,24,33-34,36-38,40H,3,5-11,29-32H2,1-2H3,(H,35,39). The maximum atomic E-state index is 14.1. The molecule has 17 heteroatoms. The van der Waals surface area contributed by atoms with Crippen molar-refractivity contribution in [1.29, 1.82) is 0 Å². The Hall–Kier alpha value is -1.61. The van der Waals surface area contributed by atoms with E-state index in [0.29, 0.717) is 31.7 Å². The Morgan fingerprint density at radius 1 is 1.26 bits per heavy atom. The summed E-state index contributed by atoms with van der Waals surface area (Å²) < 4.78 is 46.0. The summed E-state index contributed by atoms with van der Waals surface area (Å²) in [5.74, 6) is -5.71. The molecule has 1 aliphatic carbocycles. The first-order chi connectivity index (χ1) is 20.2. The second-order valence-corrected chi connectivity index (χ2v) is 11.7. The van der Waals surface area contributed by atoms with E-state index < -0.39 is 84.8 Å². The maximum Gasteiger partial charge on any atom is 0.294 e. The third kappa shape index (κ3) is 8.16. The van der Waals surface area contributed by atoms with Crippen molar-refractivity contribution in [3.05, 3.63) is 11.8 Å². The average molecular weight is 626 g/mol. The van der Waals surface area contributed by atoms with Gasteiger partial charge in [-0.3, -0.25) is 4.79 Å². The fourth-order valence-electron chi connectivity index (χ4n) is 6.10. The zero-order valence-electron chi connectivity index (χ0n) is 24.6. The molecule has 1 saturated carbocycles. The molecule has 0 aromatic heterocycles. The van der Waals surface area contributed by atoms with Crippen molar-refractivity contribution in [3.8, 4) is 0 Å². The SMILES string of the molecule is CNC1C(O)C(OC2C(NC(=O)C(O)C(F)(F)CN)CC(N)C(C3OC(CN)=CCC3NCCCN)C2O)OCC1(C)O. The minimum atomic E-state index is -3.92. The van der Waals surface area contributed by atoms with Gasteiger partial charge in [-0.15, -0.1) is 0 Å². The van der Waals surface area contributed by atoms with Gasteiger partial charge in [0.15, 0.2) is 12.4 Å². The number of likely N-dealkylation sites (N-methyl/N-ethyl adjacent to an activating group) is 1. The highest BCUT2D eigenvalue weighted by Crippen LogP contribution is 2.37. The number of nitrogens with one attached hydrogen (secondary N) is 3. The number of halogens is 2. The van der Waals surface area contributed by atoms with E-state index in [1.165, 1.54) is 14.0 Å². The summed E-state index contributed by atoms with van der Waals surface area (Å²) in [7, 11) is 1.53. The highest BCUT2D eigenvalue weighted by atomic mass is 19.3. The summed E-state index contributed by atoms with van der Waals surface area (Å²) in [5.41, 5.74) is 21.6. The van der Waals surface area contributed by atoms with Crippen LogP contribution in [-0.2, 0) is 19.0 Å². The summed E-state index contributed by atoms with van der Waals surface area (Å²) in [6.45, 7) is 1.04. The number of alkyl halides is 2. The molecule has 0 aromatic rings. The van der Waals surface area contributed by atoms with E-state index in [9.17, 15) is 34.0 Å². The fraction of sp³-hybridized carbons (Fsp3) is 0.885. The molecule has 250 valence electrons. The Balaban J connectivity index is 1.93. The van der Waals surface area contributed by atoms with Crippen molar-refractivity contribution in [1.82, 2.24) is 16.0 Å². The van der Waals surface area contributed by atoms with Crippen LogP contribution < -0.4 is 38.9 Å². The zero-order chi connectivity index (χ0) is 32.1. The van der Waals surface area contributed by atoms with E-state index in [1.807, 2.05) is 6.08 Å². The molecule has 2 heterocycles. The van der Waals surface area contributed by atoms with Crippen molar-refractivity contribution < 1.29 is 48.2 Å². The number of nitrogens with two attached hydrogens (primary N) is 4. The highest BCUT2D eigenvalue weighted by Gasteiger charge is 2.54. The van der Waals surface area contributed by atoms with Gasteiger partial charge < -0.3 is 73.5 Å². The normalized spacial score (nSPS) is 39.5. The van der Waals surface area contributed by atoms with Crippen LogP contribution in [0.2, 0.25) is 0 Å². The van der Waals surface area contributed by atoms with Gasteiger partial charge in [-0.1, -0.05) is 0 Å². The van der Waals surface area contributed by atoms with Crippen LogP contribution in [0.25, 0.3) is 0 Å². The molecule has 0 spiro atoms. The number of carbonyl (C=O) groups is 1. The molecule has 2 fully saturated rings. The smallest absolute Gasteiger partial charge is 0.294 e. The Morgan fingerprint density at radius 2 is 1.95 bits per heavy atom. The number of aliphatic hydroxyl groups excluding tert-OH is 3. The van der Waals surface area contributed by atoms with E-state index in [0.717, 1.165) is 0 Å². The first-order valence-corrected chi connectivity index (χ1v) is 14.6. The minimum absolute atomic E-state index is 0.0912. The minimum Gasteiger partial charge on any atom is -0.492 e. The van der Waals surface area contributed by atoms with Crippen molar-refractivity contribution in [2.24, 2.45) is 28.9 Å². The van der Waals surface area contributed by atoms with E-state index in [-0.39, 0.29) is 25.6 Å². The number of aliphatic hydroxyl groups is 4. The number of rotatable bonds is 13. The average Bonchev–Trinajstić information content (AvgIpc) is 2.96. The second kappa shape index (κ2) is 15.1. The fourth-order valence-corrected chi connectivity index (χ4v) is 6.10. The van der Waals surface area contributed by atoms with E-state index in [4.69, 9.17) is 37.1 Å². The number of hydrogen-bond donors (Lipinski definition) is 11. The van der Waals surface area contributed by atoms with Crippen LogP contribution in [0, 0.1) is 5.92 Å². The molecule has 0 bridgehead atoms. The molecule has 2 aliphatic heterocycles. The molecule has 1 saturated heterocycles. The Labute approximate surface area is 249 Å². The predicted molar refractivity (Wildman–Crippen MR) is 150 cm³/mol. The van der Waals surface area contributed by atoms with Gasteiger partial charge in [0.25, 0.3) is 11.8 Å². The van der Waals surface area contributed by atoms with Crippen molar-refractivity contribution in [2.45, 2.75) is 98.7 Å². The van der Waals surface area contributed by atoms with Crippen LogP contribution in [-0.4, -0.2) is 139 Å². The summed E-state index contributed by atoms with van der Waals surface area (Å²) in [4.78, 5) is 12.7. The van der Waals surface area contributed by atoms with E-state index in [1.54, 1.807) is 0 Å². The Bertz CT molecular complexity index is 951. The van der Waals surface area contributed by atoms with Gasteiger partial charge in [0.2, 0.25) is 0 Å². The Morgan fingerprint density at radius 3 is 2.56 bits per heavy atom. The molecule has 1 amide bonds. The van der Waals surface area contributed by atoms with Crippen molar-refractivity contribution >= 4 is 5.91 Å². The quantitative estimate of drug-likeness (QED) is 0.0862. The summed E-state index contributed by atoms with van der Waals surface area (Å²) in [5, 5.41) is 51.9. The number of hydrogen-bond acceptors (Lipinski definition) is 14. The van der Waals surface area contributed by atoms with Crippen LogP contribution in [0.4, 0.5) is 8.78 Å². The van der Waals surface area contributed by atoms with Gasteiger partial charge in [0.1, 0.15) is 29.7 Å². The van der Waals surface area contributed by atoms with Crippen LogP contribution in [0.5, 0.6) is 0 Å². The predicted octanol–water partition coefficient (Wildman–Crippen LogP) is -4.49. The lowest BCUT2D eigenvalue weighted by atomic mass is 9.72. The molecule has 0 radical (unpaired) electrons. The molecule has 3 rings (SSSR count). The van der Waals surface area contributed by atoms with E-state index in [2.05, 4.69) is 16.0 Å². The summed E-state index contributed by atoms with van der Waals surface area (Å²) in [6.07, 6.45) is -6.29. The van der Waals surface area contributed by atoms with Gasteiger partial charge in [-0.2, -0.15) is 0 Å². The van der Waals surface area contributed by atoms with Crippen LogP contribution >= 0.6 is 0 Å².